The minimum atomic E-state index is 0.806. The maximum Gasteiger partial charge on any atom is 0.119 e. The van der Waals surface area contributed by atoms with E-state index in [1.807, 2.05) is 29.1 Å². The van der Waals surface area contributed by atoms with E-state index in [4.69, 9.17) is 14.8 Å². The van der Waals surface area contributed by atoms with Crippen LogP contribution in [0.2, 0.25) is 0 Å². The largest absolute Gasteiger partial charge is 0.497 e. The number of nitrogens with zero attached hydrogens (tertiary/aromatic N) is 3. The van der Waals surface area contributed by atoms with Crippen LogP contribution in [0.5, 0.6) is 5.75 Å². The van der Waals surface area contributed by atoms with Crippen LogP contribution in [0.1, 0.15) is 11.1 Å². The maximum absolute atomic E-state index is 5.48. The van der Waals surface area contributed by atoms with Gasteiger partial charge >= 0.3 is 0 Å². The van der Waals surface area contributed by atoms with E-state index in [9.17, 15) is 0 Å². The van der Waals surface area contributed by atoms with Gasteiger partial charge in [0.05, 0.1) is 23.8 Å². The molecule has 0 aliphatic rings. The Morgan fingerprint density at radius 3 is 2.17 bits per heavy atom. The molecular weight excluding hydrogens is 358 g/mol. The highest BCUT2D eigenvalue weighted by Gasteiger charge is 2.17. The first-order valence-electron chi connectivity index (χ1n) is 9.63. The summed E-state index contributed by atoms with van der Waals surface area (Å²) in [5.74, 6) is 0.806. The summed E-state index contributed by atoms with van der Waals surface area (Å²) in [6.45, 7) is 4.18. The third-order valence-electron chi connectivity index (χ3n) is 5.32. The van der Waals surface area contributed by atoms with Crippen molar-refractivity contribution in [3.05, 3.63) is 84.1 Å². The van der Waals surface area contributed by atoms with E-state index in [-0.39, 0.29) is 0 Å². The van der Waals surface area contributed by atoms with Crippen molar-refractivity contribution in [1.82, 2.24) is 14.8 Å². The Morgan fingerprint density at radius 2 is 1.48 bits per heavy atom. The normalized spacial score (nSPS) is 11.3. The van der Waals surface area contributed by atoms with Gasteiger partial charge in [0, 0.05) is 22.5 Å². The Hall–Kier alpha value is -3.66. The molecule has 2 aromatic heterocycles. The molecule has 2 heterocycles. The highest BCUT2D eigenvalue weighted by Crippen LogP contribution is 2.35. The molecule has 0 atom stereocenters. The molecule has 0 N–H and O–H groups in total. The van der Waals surface area contributed by atoms with Crippen LogP contribution in [0, 0.1) is 13.8 Å². The smallest absolute Gasteiger partial charge is 0.119 e. The first kappa shape index (κ1) is 17.4. The van der Waals surface area contributed by atoms with Gasteiger partial charge in [-0.15, -0.1) is 0 Å². The van der Waals surface area contributed by atoms with Gasteiger partial charge in [0.2, 0.25) is 0 Å². The van der Waals surface area contributed by atoms with E-state index in [1.165, 1.54) is 11.1 Å². The molecule has 5 aromatic rings. The number of ether oxygens (including phenoxy) is 1. The third kappa shape index (κ3) is 2.93. The number of fused-ring (bicyclic) bond motifs is 3. The van der Waals surface area contributed by atoms with Crippen molar-refractivity contribution < 1.29 is 4.74 Å². The van der Waals surface area contributed by atoms with Crippen LogP contribution in [-0.4, -0.2) is 21.9 Å². The van der Waals surface area contributed by atoms with Crippen molar-refractivity contribution in [3.63, 3.8) is 0 Å². The molecule has 0 saturated heterocycles. The Morgan fingerprint density at radius 1 is 0.793 bits per heavy atom. The van der Waals surface area contributed by atoms with Crippen LogP contribution in [0.25, 0.3) is 38.8 Å². The van der Waals surface area contributed by atoms with Crippen molar-refractivity contribution in [2.24, 2.45) is 0 Å². The summed E-state index contributed by atoms with van der Waals surface area (Å²) in [4.78, 5) is 4.70. The average molecular weight is 379 g/mol. The molecule has 4 nitrogen and oxygen atoms in total. The van der Waals surface area contributed by atoms with Crippen molar-refractivity contribution in [3.8, 4) is 22.7 Å². The van der Waals surface area contributed by atoms with E-state index < -0.39 is 0 Å². The summed E-state index contributed by atoms with van der Waals surface area (Å²) < 4.78 is 7.50. The second kappa shape index (κ2) is 6.74. The maximum atomic E-state index is 5.48. The summed E-state index contributed by atoms with van der Waals surface area (Å²) in [6, 6.07) is 22.9. The summed E-state index contributed by atoms with van der Waals surface area (Å²) >= 11 is 0. The molecular formula is C25H21N3O. The molecule has 0 aliphatic heterocycles. The zero-order chi connectivity index (χ0) is 20.0. The quantitative estimate of drug-likeness (QED) is 0.394. The molecule has 0 unspecified atom stereocenters. The number of hydrogen-bond acceptors (Lipinski definition) is 3. The number of aryl methyl sites for hydroxylation is 2. The van der Waals surface area contributed by atoms with Crippen LogP contribution < -0.4 is 4.74 Å². The SMILES string of the molecule is COc1ccc2ncc3c(-c4ccc(C)cc4)nn(-c4ccc(C)cc4)c3c2c1. The zero-order valence-corrected chi connectivity index (χ0v) is 16.7. The van der Waals surface area contributed by atoms with Gasteiger partial charge in [0.25, 0.3) is 0 Å². The summed E-state index contributed by atoms with van der Waals surface area (Å²) in [7, 11) is 1.68. The van der Waals surface area contributed by atoms with E-state index in [0.717, 1.165) is 44.5 Å². The molecule has 0 saturated carbocycles. The molecule has 0 spiro atoms. The molecule has 29 heavy (non-hydrogen) atoms. The van der Waals surface area contributed by atoms with Gasteiger partial charge in [-0.05, 0) is 44.2 Å². The molecule has 3 aromatic carbocycles. The van der Waals surface area contributed by atoms with E-state index in [0.29, 0.717) is 0 Å². The molecule has 0 amide bonds. The van der Waals surface area contributed by atoms with Crippen LogP contribution >= 0.6 is 0 Å². The van der Waals surface area contributed by atoms with Gasteiger partial charge in [0.1, 0.15) is 11.4 Å². The number of pyridine rings is 1. The van der Waals surface area contributed by atoms with Gasteiger partial charge in [-0.2, -0.15) is 5.10 Å². The second-order valence-corrected chi connectivity index (χ2v) is 7.37. The fraction of sp³-hybridized carbons (Fsp3) is 0.120. The van der Waals surface area contributed by atoms with E-state index >= 15 is 0 Å². The molecule has 0 radical (unpaired) electrons. The number of rotatable bonds is 3. The van der Waals surface area contributed by atoms with Crippen molar-refractivity contribution in [1.29, 1.82) is 0 Å². The minimum Gasteiger partial charge on any atom is -0.497 e. The lowest BCUT2D eigenvalue weighted by Crippen LogP contribution is -1.97. The molecule has 142 valence electrons. The summed E-state index contributed by atoms with van der Waals surface area (Å²) in [5, 5.41) is 7.08. The standard InChI is InChI=1S/C25H21N3O/c1-16-4-8-18(9-5-16)24-22-15-26-23-13-12-20(29-3)14-21(23)25(22)28(27-24)19-10-6-17(2)7-11-19/h4-15H,1-3H3. The molecule has 0 aliphatic carbocycles. The first-order valence-corrected chi connectivity index (χ1v) is 9.63. The molecule has 5 rings (SSSR count). The predicted molar refractivity (Wildman–Crippen MR) is 118 cm³/mol. The summed E-state index contributed by atoms with van der Waals surface area (Å²) in [5.41, 5.74) is 7.43. The first-order chi connectivity index (χ1) is 14.1. The lowest BCUT2D eigenvalue weighted by molar-refractivity contribution is 0.415. The van der Waals surface area contributed by atoms with Crippen LogP contribution in [0.15, 0.2) is 72.9 Å². The minimum absolute atomic E-state index is 0.806. The van der Waals surface area contributed by atoms with Crippen LogP contribution in [0.3, 0.4) is 0 Å². The van der Waals surface area contributed by atoms with E-state index in [2.05, 4.69) is 62.4 Å². The highest BCUT2D eigenvalue weighted by atomic mass is 16.5. The average Bonchev–Trinajstić information content (AvgIpc) is 3.14. The fourth-order valence-corrected chi connectivity index (χ4v) is 3.69. The number of benzene rings is 3. The van der Waals surface area contributed by atoms with Crippen LogP contribution in [0.4, 0.5) is 0 Å². The van der Waals surface area contributed by atoms with Crippen molar-refractivity contribution >= 4 is 21.8 Å². The molecule has 0 bridgehead atoms. The Balaban J connectivity index is 1.88. The van der Waals surface area contributed by atoms with Crippen LogP contribution in [-0.2, 0) is 0 Å². The number of hydrogen-bond donors (Lipinski definition) is 0. The Labute approximate surface area is 169 Å². The van der Waals surface area contributed by atoms with E-state index in [1.54, 1.807) is 7.11 Å². The topological polar surface area (TPSA) is 39.9 Å². The van der Waals surface area contributed by atoms with Crippen molar-refractivity contribution in [2.45, 2.75) is 13.8 Å². The number of methoxy groups -OCH3 is 1. The van der Waals surface area contributed by atoms with Gasteiger partial charge in [-0.1, -0.05) is 47.5 Å². The van der Waals surface area contributed by atoms with Gasteiger partial charge in [-0.3, -0.25) is 4.98 Å². The Bertz CT molecular complexity index is 1330. The second-order valence-electron chi connectivity index (χ2n) is 7.37. The number of aromatic nitrogens is 3. The molecule has 0 fully saturated rings. The lowest BCUT2D eigenvalue weighted by atomic mass is 10.1. The fourth-order valence-electron chi connectivity index (χ4n) is 3.69. The van der Waals surface area contributed by atoms with Gasteiger partial charge in [0.15, 0.2) is 0 Å². The van der Waals surface area contributed by atoms with Gasteiger partial charge in [-0.25, -0.2) is 4.68 Å². The van der Waals surface area contributed by atoms with Crippen molar-refractivity contribution in [2.75, 3.05) is 7.11 Å². The Kier molecular flexibility index (Phi) is 4.06. The molecule has 4 heteroatoms. The third-order valence-corrected chi connectivity index (χ3v) is 5.32. The van der Waals surface area contributed by atoms with Gasteiger partial charge < -0.3 is 4.74 Å². The lowest BCUT2D eigenvalue weighted by Gasteiger charge is -2.07. The highest BCUT2D eigenvalue weighted by molar-refractivity contribution is 6.09. The predicted octanol–water partition coefficient (Wildman–Crippen LogP) is 5.87. The monoisotopic (exact) mass is 379 g/mol. The zero-order valence-electron chi connectivity index (χ0n) is 16.7. The summed E-state index contributed by atoms with van der Waals surface area (Å²) in [6.07, 6.45) is 1.93.